The van der Waals surface area contributed by atoms with E-state index in [0.29, 0.717) is 17.7 Å². The first-order chi connectivity index (χ1) is 10.8. The number of nitrogens with one attached hydrogen (secondary N) is 1. The minimum absolute atomic E-state index is 0.613. The van der Waals surface area contributed by atoms with Crippen LogP contribution >= 0.6 is 0 Å². The lowest BCUT2D eigenvalue weighted by atomic mass is 10.0. The van der Waals surface area contributed by atoms with E-state index >= 15 is 0 Å². The molecule has 1 aromatic heterocycles. The Morgan fingerprint density at radius 1 is 1.09 bits per heavy atom. The highest BCUT2D eigenvalue weighted by molar-refractivity contribution is 5.87. The summed E-state index contributed by atoms with van der Waals surface area (Å²) < 4.78 is 5.15. The van der Waals surface area contributed by atoms with Gasteiger partial charge < -0.3 is 4.74 Å². The van der Waals surface area contributed by atoms with Gasteiger partial charge in [0.25, 0.3) is 0 Å². The highest BCUT2D eigenvalue weighted by Gasteiger charge is 2.14. The molecule has 110 valence electrons. The quantitative estimate of drug-likeness (QED) is 0.732. The monoisotopic (exact) mass is 292 g/mol. The smallest absolute Gasteiger partial charge is 0.154 e. The molecule has 0 fully saturated rings. The van der Waals surface area contributed by atoms with E-state index in [9.17, 15) is 4.79 Å². The van der Waals surface area contributed by atoms with Crippen LogP contribution in [-0.2, 0) is 6.42 Å². The Bertz CT molecular complexity index is 762. The van der Waals surface area contributed by atoms with Crippen LogP contribution in [0.1, 0.15) is 21.6 Å². The molecule has 0 aliphatic carbocycles. The summed E-state index contributed by atoms with van der Waals surface area (Å²) in [6.07, 6.45) is 1.49. The Morgan fingerprint density at radius 3 is 2.45 bits per heavy atom. The number of H-pyrrole nitrogens is 1. The van der Waals surface area contributed by atoms with Crippen LogP contribution in [0, 0.1) is 0 Å². The Kier molecular flexibility index (Phi) is 4.01. The second-order valence-electron chi connectivity index (χ2n) is 4.97. The average molecular weight is 292 g/mol. The van der Waals surface area contributed by atoms with Crippen molar-refractivity contribution in [2.24, 2.45) is 0 Å². The van der Waals surface area contributed by atoms with Gasteiger partial charge in [-0.05, 0) is 17.7 Å². The summed E-state index contributed by atoms with van der Waals surface area (Å²) in [5.41, 5.74) is 4.15. The molecule has 0 radical (unpaired) electrons. The molecule has 0 amide bonds. The maximum Gasteiger partial charge on any atom is 0.154 e. The van der Waals surface area contributed by atoms with Crippen molar-refractivity contribution in [3.05, 3.63) is 71.4 Å². The molecule has 3 aromatic rings. The van der Waals surface area contributed by atoms with Gasteiger partial charge in [0.15, 0.2) is 6.29 Å². The fourth-order valence-electron chi connectivity index (χ4n) is 2.41. The van der Waals surface area contributed by atoms with Crippen LogP contribution in [0.2, 0.25) is 0 Å². The van der Waals surface area contributed by atoms with Gasteiger partial charge >= 0.3 is 0 Å². The predicted molar refractivity (Wildman–Crippen MR) is 85.2 cm³/mol. The van der Waals surface area contributed by atoms with E-state index in [1.54, 1.807) is 7.11 Å². The van der Waals surface area contributed by atoms with Crippen LogP contribution in [0.5, 0.6) is 5.75 Å². The molecule has 0 saturated heterocycles. The molecule has 0 bridgehead atoms. The number of aromatic amines is 1. The molecule has 0 unspecified atom stereocenters. The largest absolute Gasteiger partial charge is 0.497 e. The van der Waals surface area contributed by atoms with Crippen molar-refractivity contribution in [3.8, 4) is 17.0 Å². The van der Waals surface area contributed by atoms with Gasteiger partial charge in [-0.2, -0.15) is 5.10 Å². The van der Waals surface area contributed by atoms with E-state index in [2.05, 4.69) is 10.2 Å². The summed E-state index contributed by atoms with van der Waals surface area (Å²) in [5, 5.41) is 7.29. The molecule has 3 rings (SSSR count). The van der Waals surface area contributed by atoms with E-state index in [1.807, 2.05) is 54.6 Å². The minimum atomic E-state index is 0.613. The van der Waals surface area contributed by atoms with Gasteiger partial charge in [-0.15, -0.1) is 0 Å². The Balaban J connectivity index is 1.91. The average Bonchev–Trinajstić information content (AvgIpc) is 2.99. The molecular weight excluding hydrogens is 276 g/mol. The number of aldehydes is 1. The summed E-state index contributed by atoms with van der Waals surface area (Å²) in [6.45, 7) is 0. The van der Waals surface area contributed by atoms with Crippen molar-refractivity contribution in [1.82, 2.24) is 10.2 Å². The summed E-state index contributed by atoms with van der Waals surface area (Å²) in [7, 11) is 1.64. The van der Waals surface area contributed by atoms with Gasteiger partial charge in [-0.3, -0.25) is 9.89 Å². The number of hydrogen-bond acceptors (Lipinski definition) is 3. The van der Waals surface area contributed by atoms with Gasteiger partial charge in [-0.25, -0.2) is 0 Å². The fraction of sp³-hybridized carbons (Fsp3) is 0.111. The number of benzene rings is 2. The lowest BCUT2D eigenvalue weighted by Crippen LogP contribution is -1.94. The van der Waals surface area contributed by atoms with E-state index in [-0.39, 0.29) is 0 Å². The zero-order valence-electron chi connectivity index (χ0n) is 12.2. The number of ether oxygens (including phenoxy) is 1. The van der Waals surface area contributed by atoms with Crippen molar-refractivity contribution < 1.29 is 9.53 Å². The first kappa shape index (κ1) is 14.1. The van der Waals surface area contributed by atoms with Gasteiger partial charge in [0.2, 0.25) is 0 Å². The topological polar surface area (TPSA) is 55.0 Å². The van der Waals surface area contributed by atoms with Crippen molar-refractivity contribution in [3.63, 3.8) is 0 Å². The number of hydrogen-bond donors (Lipinski definition) is 1. The molecule has 0 aliphatic heterocycles. The molecule has 2 aromatic carbocycles. The van der Waals surface area contributed by atoms with E-state index < -0.39 is 0 Å². The number of rotatable bonds is 5. The molecule has 0 atom stereocenters. The zero-order valence-corrected chi connectivity index (χ0v) is 12.2. The highest BCUT2D eigenvalue weighted by atomic mass is 16.5. The molecule has 0 aliphatic rings. The van der Waals surface area contributed by atoms with Crippen molar-refractivity contribution in [1.29, 1.82) is 0 Å². The van der Waals surface area contributed by atoms with Crippen LogP contribution in [-0.4, -0.2) is 23.6 Å². The Morgan fingerprint density at radius 2 is 1.82 bits per heavy atom. The van der Waals surface area contributed by atoms with Crippen LogP contribution in [0.15, 0.2) is 54.6 Å². The Labute approximate surface area is 128 Å². The number of methoxy groups -OCH3 is 1. The molecule has 0 saturated carbocycles. The summed E-state index contributed by atoms with van der Waals surface area (Å²) in [5.74, 6) is 0.814. The molecular formula is C18H16N2O2. The van der Waals surface area contributed by atoms with Crippen molar-refractivity contribution >= 4 is 6.29 Å². The third-order valence-electron chi connectivity index (χ3n) is 3.59. The van der Waals surface area contributed by atoms with Gasteiger partial charge in [0.1, 0.15) is 11.4 Å². The number of aromatic nitrogens is 2. The van der Waals surface area contributed by atoms with Crippen molar-refractivity contribution in [2.75, 3.05) is 7.11 Å². The summed E-state index contributed by atoms with van der Waals surface area (Å²) in [4.78, 5) is 11.5. The normalized spacial score (nSPS) is 10.4. The minimum Gasteiger partial charge on any atom is -0.497 e. The molecule has 1 heterocycles. The Hall–Kier alpha value is -2.88. The number of carbonyl (C=O) groups is 1. The summed E-state index contributed by atoms with van der Waals surface area (Å²) in [6, 6.07) is 17.5. The third-order valence-corrected chi connectivity index (χ3v) is 3.59. The lowest BCUT2D eigenvalue weighted by Gasteiger charge is -2.03. The highest BCUT2D eigenvalue weighted by Crippen LogP contribution is 2.24. The van der Waals surface area contributed by atoms with Crippen LogP contribution in [0.25, 0.3) is 11.3 Å². The van der Waals surface area contributed by atoms with E-state index in [0.717, 1.165) is 28.9 Å². The van der Waals surface area contributed by atoms with E-state index in [4.69, 9.17) is 4.74 Å². The van der Waals surface area contributed by atoms with Gasteiger partial charge in [-0.1, -0.05) is 42.5 Å². The molecule has 4 nitrogen and oxygen atoms in total. The maximum absolute atomic E-state index is 11.5. The van der Waals surface area contributed by atoms with E-state index in [1.165, 1.54) is 0 Å². The van der Waals surface area contributed by atoms with Crippen LogP contribution in [0.3, 0.4) is 0 Å². The third kappa shape index (κ3) is 2.76. The summed E-state index contributed by atoms with van der Waals surface area (Å²) >= 11 is 0. The second-order valence-corrected chi connectivity index (χ2v) is 4.97. The molecule has 1 N–H and O–H groups in total. The SMILES string of the molecule is COc1ccc(Cc2[nH]nc(-c3ccccc3)c2C=O)cc1. The van der Waals surface area contributed by atoms with Crippen LogP contribution in [0.4, 0.5) is 0 Å². The predicted octanol–water partition coefficient (Wildman–Crippen LogP) is 3.49. The second kappa shape index (κ2) is 6.26. The first-order valence-electron chi connectivity index (χ1n) is 7.02. The van der Waals surface area contributed by atoms with Crippen molar-refractivity contribution in [2.45, 2.75) is 6.42 Å². The lowest BCUT2D eigenvalue weighted by molar-refractivity contribution is 0.112. The maximum atomic E-state index is 11.5. The van der Waals surface area contributed by atoms with Crippen LogP contribution < -0.4 is 4.74 Å². The standard InChI is InChI=1S/C18H16N2O2/c1-22-15-9-7-13(8-10-15)11-17-16(12-21)18(20-19-17)14-5-3-2-4-6-14/h2-10,12H,11H2,1H3,(H,19,20). The molecule has 0 spiro atoms. The fourth-order valence-corrected chi connectivity index (χ4v) is 2.41. The first-order valence-corrected chi connectivity index (χ1v) is 7.02. The molecule has 4 heteroatoms. The van der Waals surface area contributed by atoms with Gasteiger partial charge in [0.05, 0.1) is 18.4 Å². The molecule has 22 heavy (non-hydrogen) atoms. The number of nitrogens with zero attached hydrogens (tertiary/aromatic N) is 1. The number of carbonyl (C=O) groups excluding carboxylic acids is 1. The zero-order chi connectivity index (χ0) is 15.4. The van der Waals surface area contributed by atoms with Gasteiger partial charge in [0, 0.05) is 12.0 Å².